The topological polar surface area (TPSA) is 91.8 Å². The lowest BCUT2D eigenvalue weighted by atomic mass is 9.65. The fraction of sp³-hybridized carbons (Fsp3) is 0.548. The first-order chi connectivity index (χ1) is 18.9. The lowest BCUT2D eigenvalue weighted by molar-refractivity contribution is -0.162. The fourth-order valence-corrected chi connectivity index (χ4v) is 8.48. The van der Waals surface area contributed by atoms with Crippen LogP contribution in [-0.4, -0.2) is 47.8 Å². The number of aliphatic carboxylic acids is 1. The summed E-state index contributed by atoms with van der Waals surface area (Å²) >= 11 is 12.7. The summed E-state index contributed by atoms with van der Waals surface area (Å²) < 4.78 is 26.9. The third-order valence-corrected chi connectivity index (χ3v) is 10.8. The molecule has 218 valence electrons. The van der Waals surface area contributed by atoms with Crippen molar-refractivity contribution in [1.29, 1.82) is 0 Å². The molecule has 2 aromatic carbocycles. The zero-order valence-electron chi connectivity index (χ0n) is 23.4. The highest BCUT2D eigenvalue weighted by Gasteiger charge is 2.56. The summed E-state index contributed by atoms with van der Waals surface area (Å²) in [6.07, 6.45) is 2.55. The summed E-state index contributed by atoms with van der Waals surface area (Å²) in [4.78, 5) is 28.6. The molecule has 0 spiro atoms. The summed E-state index contributed by atoms with van der Waals surface area (Å²) in [7, 11) is -3.47. The van der Waals surface area contributed by atoms with Crippen molar-refractivity contribution in [1.82, 2.24) is 4.90 Å². The van der Waals surface area contributed by atoms with Gasteiger partial charge in [-0.05, 0) is 79.3 Å². The van der Waals surface area contributed by atoms with Crippen molar-refractivity contribution in [2.45, 2.75) is 77.3 Å². The number of amides is 1. The predicted octanol–water partition coefficient (Wildman–Crippen LogP) is 7.16. The van der Waals surface area contributed by atoms with Gasteiger partial charge < -0.3 is 10.0 Å². The quantitative estimate of drug-likeness (QED) is 0.276. The van der Waals surface area contributed by atoms with Crippen LogP contribution in [0, 0.1) is 17.3 Å². The first kappa shape index (κ1) is 30.9. The van der Waals surface area contributed by atoms with Crippen molar-refractivity contribution in [2.24, 2.45) is 17.3 Å². The van der Waals surface area contributed by atoms with Gasteiger partial charge in [-0.1, -0.05) is 68.2 Å². The van der Waals surface area contributed by atoms with Gasteiger partial charge in [0.25, 0.3) is 0 Å². The van der Waals surface area contributed by atoms with Crippen LogP contribution in [0.15, 0.2) is 48.5 Å². The van der Waals surface area contributed by atoms with Gasteiger partial charge in [0.2, 0.25) is 5.91 Å². The molecule has 0 radical (unpaired) electrons. The van der Waals surface area contributed by atoms with Crippen molar-refractivity contribution in [3.63, 3.8) is 0 Å². The Labute approximate surface area is 248 Å². The van der Waals surface area contributed by atoms with Crippen LogP contribution < -0.4 is 0 Å². The number of carboxylic acids is 1. The van der Waals surface area contributed by atoms with Crippen LogP contribution in [-0.2, 0) is 19.4 Å². The number of hydrogen-bond donors (Lipinski definition) is 1. The van der Waals surface area contributed by atoms with E-state index in [9.17, 15) is 23.1 Å². The fourth-order valence-electron chi connectivity index (χ4n) is 6.20. The summed E-state index contributed by atoms with van der Waals surface area (Å²) in [5.41, 5.74) is 0.565. The number of halogens is 2. The maximum absolute atomic E-state index is 14.6. The Hall–Kier alpha value is -2.09. The lowest BCUT2D eigenvalue weighted by Gasteiger charge is -2.53. The normalized spacial score (nSPS) is 24.4. The number of carbonyl (C=O) groups excluding carboxylic acids is 1. The minimum absolute atomic E-state index is 0.0464. The third kappa shape index (κ3) is 7.03. The molecule has 0 bridgehead atoms. The molecule has 1 aliphatic heterocycles. The molecule has 2 fully saturated rings. The van der Waals surface area contributed by atoms with Gasteiger partial charge in [-0.15, -0.1) is 0 Å². The summed E-state index contributed by atoms with van der Waals surface area (Å²) in [6, 6.07) is 13.8. The average Bonchev–Trinajstić information content (AvgIpc) is 3.73. The number of nitrogens with zero attached hydrogens (tertiary/aromatic N) is 1. The van der Waals surface area contributed by atoms with E-state index < -0.39 is 33.3 Å². The van der Waals surface area contributed by atoms with Crippen LogP contribution in [0.3, 0.4) is 0 Å². The second-order valence-corrected chi connectivity index (χ2v) is 15.1. The molecular weight excluding hydrogens is 569 g/mol. The molecule has 1 saturated heterocycles. The van der Waals surface area contributed by atoms with E-state index in [2.05, 4.69) is 0 Å². The van der Waals surface area contributed by atoms with E-state index in [1.54, 1.807) is 23.1 Å². The standard InChI is InChI=1S/C31H39Cl2NO5S/c1-4-31(18-28(35)36)17-26(23-6-5-7-25(33)16-23)29(22-10-12-24(32)13-11-22)34(30(31)37)27(21-8-9-21)19-40(38,39)15-14-20(2)3/h5-7,10-13,16,20-21,26-27,29H,4,8-9,14-15,17-19H2,1-3H3,(H,35,36)/t26?,27?,29-,31-/m1/s1. The number of sulfone groups is 1. The van der Waals surface area contributed by atoms with Gasteiger partial charge in [0.1, 0.15) is 0 Å². The van der Waals surface area contributed by atoms with Gasteiger partial charge in [0.15, 0.2) is 9.84 Å². The van der Waals surface area contributed by atoms with Gasteiger partial charge in [-0.3, -0.25) is 9.59 Å². The highest BCUT2D eigenvalue weighted by atomic mass is 35.5. The summed E-state index contributed by atoms with van der Waals surface area (Å²) in [6.45, 7) is 5.84. The molecule has 0 aromatic heterocycles. The molecule has 40 heavy (non-hydrogen) atoms. The number of benzene rings is 2. The highest BCUT2D eigenvalue weighted by Crippen LogP contribution is 2.55. The van der Waals surface area contributed by atoms with Crippen LogP contribution in [0.4, 0.5) is 0 Å². The molecule has 1 saturated carbocycles. The second kappa shape index (κ2) is 12.4. The lowest BCUT2D eigenvalue weighted by Crippen LogP contribution is -2.59. The number of piperidine rings is 1. The minimum atomic E-state index is -3.47. The van der Waals surface area contributed by atoms with Crippen molar-refractivity contribution < 1.29 is 23.1 Å². The van der Waals surface area contributed by atoms with Crippen LogP contribution in [0.2, 0.25) is 10.0 Å². The number of carbonyl (C=O) groups is 2. The van der Waals surface area contributed by atoms with E-state index in [-0.39, 0.29) is 41.6 Å². The molecule has 9 heteroatoms. The summed E-state index contributed by atoms with van der Waals surface area (Å²) in [5.74, 6) is -1.39. The van der Waals surface area contributed by atoms with Crippen LogP contribution in [0.25, 0.3) is 0 Å². The Morgan fingerprint density at radius 2 is 1.75 bits per heavy atom. The Morgan fingerprint density at radius 3 is 2.30 bits per heavy atom. The predicted molar refractivity (Wildman–Crippen MR) is 159 cm³/mol. The molecule has 2 aliphatic rings. The van der Waals surface area contributed by atoms with Crippen LogP contribution in [0.1, 0.15) is 82.4 Å². The van der Waals surface area contributed by atoms with Gasteiger partial charge in [-0.2, -0.15) is 0 Å². The molecular formula is C31H39Cl2NO5S. The maximum atomic E-state index is 14.6. The smallest absolute Gasteiger partial charge is 0.304 e. The Bertz CT molecular complexity index is 1330. The van der Waals surface area contributed by atoms with Gasteiger partial charge in [-0.25, -0.2) is 8.42 Å². The monoisotopic (exact) mass is 607 g/mol. The zero-order chi connectivity index (χ0) is 29.2. The van der Waals surface area contributed by atoms with Crippen molar-refractivity contribution >= 4 is 44.9 Å². The van der Waals surface area contributed by atoms with Crippen molar-refractivity contribution in [3.05, 3.63) is 69.7 Å². The van der Waals surface area contributed by atoms with E-state index in [1.165, 1.54) is 0 Å². The summed E-state index contributed by atoms with van der Waals surface area (Å²) in [5, 5.41) is 11.1. The Balaban J connectivity index is 1.91. The van der Waals surface area contributed by atoms with Gasteiger partial charge in [0.05, 0.1) is 29.4 Å². The van der Waals surface area contributed by atoms with Crippen molar-refractivity contribution in [2.75, 3.05) is 11.5 Å². The van der Waals surface area contributed by atoms with E-state index in [0.29, 0.717) is 29.3 Å². The van der Waals surface area contributed by atoms with Crippen LogP contribution in [0.5, 0.6) is 0 Å². The number of hydrogen-bond acceptors (Lipinski definition) is 4. The third-order valence-electron chi connectivity index (χ3n) is 8.59. The molecule has 1 heterocycles. The van der Waals surface area contributed by atoms with Crippen molar-refractivity contribution in [3.8, 4) is 0 Å². The minimum Gasteiger partial charge on any atom is -0.481 e. The van der Waals surface area contributed by atoms with E-state index in [1.807, 2.05) is 51.1 Å². The maximum Gasteiger partial charge on any atom is 0.304 e. The number of rotatable bonds is 12. The largest absolute Gasteiger partial charge is 0.481 e. The number of carboxylic acid groups (broad SMARTS) is 1. The SMILES string of the molecule is CC[C@]1(CC(=O)O)CC(c2cccc(Cl)c2)[C@@H](c2ccc(Cl)cc2)N(C(CS(=O)(=O)CCC(C)C)C2CC2)C1=O. The average molecular weight is 609 g/mol. The molecule has 1 aliphatic carbocycles. The first-order valence-corrected chi connectivity index (χ1v) is 16.7. The Morgan fingerprint density at radius 1 is 1.07 bits per heavy atom. The Kier molecular flexibility index (Phi) is 9.58. The van der Waals surface area contributed by atoms with Crippen LogP contribution >= 0.6 is 23.2 Å². The molecule has 2 aromatic rings. The molecule has 4 rings (SSSR count). The zero-order valence-corrected chi connectivity index (χ0v) is 25.7. The molecule has 4 atom stereocenters. The van der Waals surface area contributed by atoms with E-state index in [0.717, 1.165) is 24.0 Å². The molecule has 2 unspecified atom stereocenters. The number of likely N-dealkylation sites (tertiary alicyclic amines) is 1. The molecule has 1 amide bonds. The second-order valence-electron chi connectivity index (χ2n) is 12.0. The van der Waals surface area contributed by atoms with Gasteiger partial charge >= 0.3 is 5.97 Å². The van der Waals surface area contributed by atoms with Gasteiger partial charge in [0, 0.05) is 22.0 Å². The van der Waals surface area contributed by atoms with E-state index in [4.69, 9.17) is 23.2 Å². The van der Waals surface area contributed by atoms with E-state index >= 15 is 0 Å². The highest BCUT2D eigenvalue weighted by molar-refractivity contribution is 7.91. The first-order valence-electron chi connectivity index (χ1n) is 14.1. The molecule has 1 N–H and O–H groups in total. The molecule has 6 nitrogen and oxygen atoms in total.